The van der Waals surface area contributed by atoms with E-state index in [1.54, 1.807) is 0 Å². The Balaban J connectivity index is 2.04. The lowest BCUT2D eigenvalue weighted by Gasteiger charge is -2.38. The Morgan fingerprint density at radius 3 is 1.09 bits per heavy atom. The number of rotatable bonds is 6. The van der Waals surface area contributed by atoms with Crippen molar-refractivity contribution in [2.75, 3.05) is 0 Å². The molecule has 5 rings (SSSR count). The summed E-state index contributed by atoms with van der Waals surface area (Å²) in [6.45, 7) is 28.9. The van der Waals surface area contributed by atoms with Gasteiger partial charge in [0, 0.05) is 14.7 Å². The first kappa shape index (κ1) is 35.7. The van der Waals surface area contributed by atoms with Gasteiger partial charge in [0.2, 0.25) is 0 Å². The molecule has 0 heterocycles. The second-order valence-electron chi connectivity index (χ2n) is 15.7. The van der Waals surface area contributed by atoms with Crippen LogP contribution in [-0.4, -0.2) is 16.1 Å². The van der Waals surface area contributed by atoms with E-state index in [1.807, 2.05) is 0 Å². The first-order valence-electron chi connectivity index (χ1n) is 17.7. The van der Waals surface area contributed by atoms with E-state index in [0.717, 1.165) is 0 Å². The quantitative estimate of drug-likeness (QED) is 0.0699. The zero-order chi connectivity index (χ0) is 34.4. The van der Waals surface area contributed by atoms with Crippen LogP contribution in [0.5, 0.6) is 0 Å². The molecule has 0 aliphatic carbocycles. The number of halogens is 1. The van der Waals surface area contributed by atoms with Gasteiger partial charge < -0.3 is 0 Å². The molecular formula is C44H53ISi2. The van der Waals surface area contributed by atoms with Crippen molar-refractivity contribution in [1.82, 2.24) is 0 Å². The molecule has 0 saturated carbocycles. The summed E-state index contributed by atoms with van der Waals surface area (Å²) in [6.07, 6.45) is 0. The molecule has 0 spiro atoms. The van der Waals surface area contributed by atoms with E-state index in [0.29, 0.717) is 33.2 Å². The maximum absolute atomic E-state index is 4.12. The van der Waals surface area contributed by atoms with Gasteiger partial charge in [-0.2, -0.15) is 0 Å². The Bertz CT molecular complexity index is 2050. The van der Waals surface area contributed by atoms with Crippen molar-refractivity contribution >= 4 is 81.8 Å². The van der Waals surface area contributed by atoms with Crippen LogP contribution in [0, 0.1) is 26.5 Å². The molecule has 0 amide bonds. The summed E-state index contributed by atoms with van der Waals surface area (Å²) in [7, 11) is -3.95. The fourth-order valence-electron chi connectivity index (χ4n) is 9.10. The molecule has 3 heteroatoms. The maximum atomic E-state index is 4.12. The lowest BCUT2D eigenvalue weighted by molar-refractivity contribution is 0.838. The lowest BCUT2D eigenvalue weighted by Crippen LogP contribution is -2.43. The van der Waals surface area contributed by atoms with E-state index in [-0.39, 0.29) is 0 Å². The predicted molar refractivity (Wildman–Crippen MR) is 225 cm³/mol. The Labute approximate surface area is 300 Å². The molecule has 0 bridgehead atoms. The number of benzene rings is 5. The van der Waals surface area contributed by atoms with Crippen LogP contribution in [0.25, 0.3) is 43.1 Å². The molecule has 0 radical (unpaired) electrons. The fraction of sp³-hybridized carbons (Fsp3) is 0.409. The Hall–Kier alpha value is -2.58. The van der Waals surface area contributed by atoms with Gasteiger partial charge >= 0.3 is 0 Å². The van der Waals surface area contributed by atoms with E-state index in [2.05, 4.69) is 195 Å². The SMILES string of the molecule is CC(C)[Si](C#Cc1c2cc3ccccc3cc2c(C#C[Si](C(C)C)(C(C)C)C(C)C)c2cc3cc(I)ccc3cc12)(C(C)C)C(C)C. The van der Waals surface area contributed by atoms with Crippen molar-refractivity contribution in [3.05, 3.63) is 81.4 Å². The van der Waals surface area contributed by atoms with E-state index < -0.39 is 16.1 Å². The molecule has 0 nitrogen and oxygen atoms in total. The average molecular weight is 765 g/mol. The molecule has 0 aromatic heterocycles. The monoisotopic (exact) mass is 764 g/mol. The van der Waals surface area contributed by atoms with Crippen LogP contribution in [-0.2, 0) is 0 Å². The average Bonchev–Trinajstić information content (AvgIpc) is 2.99. The molecule has 0 aliphatic heterocycles. The van der Waals surface area contributed by atoms with E-state index in [9.17, 15) is 0 Å². The summed E-state index contributed by atoms with van der Waals surface area (Å²) < 4.78 is 1.25. The highest BCUT2D eigenvalue weighted by Gasteiger charge is 2.42. The third kappa shape index (κ3) is 6.22. The summed E-state index contributed by atoms with van der Waals surface area (Å²) >= 11 is 2.44. The molecule has 244 valence electrons. The third-order valence-electron chi connectivity index (χ3n) is 11.4. The minimum Gasteiger partial charge on any atom is -0.125 e. The molecule has 47 heavy (non-hydrogen) atoms. The van der Waals surface area contributed by atoms with Crippen molar-refractivity contribution in [3.8, 4) is 22.9 Å². The molecule has 5 aromatic rings. The number of hydrogen-bond acceptors (Lipinski definition) is 0. The zero-order valence-electron chi connectivity index (χ0n) is 30.7. The van der Waals surface area contributed by atoms with Gasteiger partial charge in [-0.1, -0.05) is 125 Å². The van der Waals surface area contributed by atoms with Crippen LogP contribution >= 0.6 is 22.6 Å². The van der Waals surface area contributed by atoms with Gasteiger partial charge in [-0.3, -0.25) is 0 Å². The molecule has 5 aromatic carbocycles. The van der Waals surface area contributed by atoms with E-state index in [1.165, 1.54) is 57.8 Å². The Morgan fingerprint density at radius 1 is 0.426 bits per heavy atom. The summed E-state index contributed by atoms with van der Waals surface area (Å²) in [5.74, 6) is 7.97. The first-order valence-corrected chi connectivity index (χ1v) is 23.3. The van der Waals surface area contributed by atoms with Gasteiger partial charge in [0.05, 0.1) is 0 Å². The highest BCUT2D eigenvalue weighted by atomic mass is 127. The summed E-state index contributed by atoms with van der Waals surface area (Å²) in [5, 5.41) is 10.00. The maximum Gasteiger partial charge on any atom is 0.146 e. The fourth-order valence-corrected chi connectivity index (χ4v) is 20.0. The largest absolute Gasteiger partial charge is 0.146 e. The van der Waals surface area contributed by atoms with Crippen LogP contribution in [0.15, 0.2) is 66.7 Å². The molecule has 0 N–H and O–H groups in total. The van der Waals surface area contributed by atoms with E-state index >= 15 is 0 Å². The molecular weight excluding hydrogens is 712 g/mol. The van der Waals surface area contributed by atoms with Crippen molar-refractivity contribution in [1.29, 1.82) is 0 Å². The Kier molecular flexibility index (Phi) is 10.4. The van der Waals surface area contributed by atoms with Gasteiger partial charge in [0.15, 0.2) is 0 Å². The predicted octanol–water partition coefficient (Wildman–Crippen LogP) is 14.0. The third-order valence-corrected chi connectivity index (χ3v) is 24.7. The molecule has 0 atom stereocenters. The lowest BCUT2D eigenvalue weighted by atomic mass is 9.89. The molecule has 0 fully saturated rings. The molecule has 0 aliphatic rings. The van der Waals surface area contributed by atoms with Gasteiger partial charge in [-0.15, -0.1) is 11.1 Å². The number of fused-ring (bicyclic) bond motifs is 4. The highest BCUT2D eigenvalue weighted by molar-refractivity contribution is 14.1. The first-order chi connectivity index (χ1) is 22.1. The molecule has 0 saturated heterocycles. The summed E-state index contributed by atoms with van der Waals surface area (Å²) in [4.78, 5) is 0. The van der Waals surface area contributed by atoms with Gasteiger partial charge in [-0.25, -0.2) is 0 Å². The van der Waals surface area contributed by atoms with Gasteiger partial charge in [0.1, 0.15) is 16.1 Å². The van der Waals surface area contributed by atoms with E-state index in [4.69, 9.17) is 0 Å². The summed E-state index contributed by atoms with van der Waals surface area (Å²) in [6, 6.07) is 25.2. The van der Waals surface area contributed by atoms with Crippen molar-refractivity contribution in [2.24, 2.45) is 0 Å². The van der Waals surface area contributed by atoms with Crippen LogP contribution in [0.3, 0.4) is 0 Å². The highest BCUT2D eigenvalue weighted by Crippen LogP contribution is 2.44. The van der Waals surface area contributed by atoms with Crippen molar-refractivity contribution in [3.63, 3.8) is 0 Å². The number of hydrogen-bond donors (Lipinski definition) is 0. The topological polar surface area (TPSA) is 0 Å². The van der Waals surface area contributed by atoms with Crippen molar-refractivity contribution in [2.45, 2.75) is 116 Å². The Morgan fingerprint density at radius 2 is 0.745 bits per heavy atom. The van der Waals surface area contributed by atoms with Crippen LogP contribution in [0.4, 0.5) is 0 Å². The van der Waals surface area contributed by atoms with Crippen LogP contribution < -0.4 is 0 Å². The second-order valence-corrected chi connectivity index (χ2v) is 28.1. The normalized spacial score (nSPS) is 12.7. The molecule has 0 unspecified atom stereocenters. The van der Waals surface area contributed by atoms with Crippen LogP contribution in [0.1, 0.15) is 94.2 Å². The smallest absolute Gasteiger partial charge is 0.125 e. The second kappa shape index (κ2) is 13.7. The summed E-state index contributed by atoms with van der Waals surface area (Å²) in [5.41, 5.74) is 14.0. The van der Waals surface area contributed by atoms with Gasteiger partial charge in [0.25, 0.3) is 0 Å². The standard InChI is InChI=1S/C44H53ISi2/c1-28(2)46(29(3)4,30(5)6)21-19-39-41-24-34-15-13-14-16-35(34)25-42(41)40(20-22-47(31(7)8,32(9)10)33(11)12)44-27-37-23-38(45)18-17-36(37)26-43(39)44/h13-18,23-33H,1-12H3. The minimum atomic E-state index is -1.98. The minimum absolute atomic E-state index is 0.571. The van der Waals surface area contributed by atoms with Crippen molar-refractivity contribution < 1.29 is 0 Å². The van der Waals surface area contributed by atoms with Gasteiger partial charge in [-0.05, 0) is 135 Å². The van der Waals surface area contributed by atoms with Crippen LogP contribution in [0.2, 0.25) is 33.2 Å². The zero-order valence-corrected chi connectivity index (χ0v) is 34.9.